The van der Waals surface area contributed by atoms with E-state index >= 15 is 0 Å². The molecule has 134 valence electrons. The molecule has 0 N–H and O–H groups in total. The van der Waals surface area contributed by atoms with Crippen LogP contribution in [-0.4, -0.2) is 18.9 Å². The Kier molecular flexibility index (Phi) is 5.23. The zero-order chi connectivity index (χ0) is 18.8. The first kappa shape index (κ1) is 18.3. The van der Waals surface area contributed by atoms with E-state index in [1.165, 1.54) is 5.56 Å². The minimum absolute atomic E-state index is 0.0577. The molecule has 0 saturated heterocycles. The summed E-state index contributed by atoms with van der Waals surface area (Å²) in [5.74, 6) is 0. The van der Waals surface area contributed by atoms with Crippen molar-refractivity contribution in [3.63, 3.8) is 0 Å². The van der Waals surface area contributed by atoms with E-state index in [1.807, 2.05) is 62.8 Å². The van der Waals surface area contributed by atoms with Gasteiger partial charge in [-0.1, -0.05) is 19.9 Å². The maximum absolute atomic E-state index is 12.8. The van der Waals surface area contributed by atoms with Crippen molar-refractivity contribution >= 4 is 32.3 Å². The van der Waals surface area contributed by atoms with Gasteiger partial charge in [-0.3, -0.25) is 9.78 Å². The lowest BCUT2D eigenvalue weighted by molar-refractivity contribution is 0.748. The number of pyridine rings is 3. The quantitative estimate of drug-likeness (QED) is 0.486. The van der Waals surface area contributed by atoms with Gasteiger partial charge in [0.15, 0.2) is 0 Å². The van der Waals surface area contributed by atoms with E-state index in [0.717, 1.165) is 26.8 Å². The van der Waals surface area contributed by atoms with Crippen LogP contribution in [0.25, 0.3) is 16.4 Å². The molecule has 4 aromatic heterocycles. The van der Waals surface area contributed by atoms with Gasteiger partial charge in [0, 0.05) is 40.8 Å². The molecule has 0 fully saturated rings. The van der Waals surface area contributed by atoms with Crippen LogP contribution in [0.15, 0.2) is 52.4 Å². The van der Waals surface area contributed by atoms with Crippen LogP contribution in [0.4, 0.5) is 0 Å². The molecule has 4 rings (SSSR count). The largest absolute Gasteiger partial charge is 0.309 e. The third-order valence-corrected chi connectivity index (χ3v) is 4.72. The van der Waals surface area contributed by atoms with Crippen LogP contribution in [0.1, 0.15) is 30.7 Å². The summed E-state index contributed by atoms with van der Waals surface area (Å²) < 4.78 is 4.52. The van der Waals surface area contributed by atoms with Crippen LogP contribution in [0.3, 0.4) is 0 Å². The lowest BCUT2D eigenvalue weighted by Crippen LogP contribution is -2.21. The molecule has 0 aliphatic rings. The predicted octanol–water partition coefficient (Wildman–Crippen LogP) is 4.50. The molecule has 0 radical (unpaired) electrons. The number of halogens is 1. The highest BCUT2D eigenvalue weighted by Gasteiger charge is 2.11. The second kappa shape index (κ2) is 7.41. The molecule has 0 unspecified atom stereocenters. The molecule has 0 aliphatic heterocycles. The van der Waals surface area contributed by atoms with Crippen LogP contribution in [0.2, 0.25) is 0 Å². The first-order valence-electron chi connectivity index (χ1n) is 8.60. The number of hydrogen-bond acceptors (Lipinski definition) is 3. The third-order valence-electron chi connectivity index (χ3n) is 4.12. The van der Waals surface area contributed by atoms with Crippen molar-refractivity contribution in [3.8, 4) is 0 Å². The first-order valence-corrected chi connectivity index (χ1v) is 9.40. The fraction of sp³-hybridized carbons (Fsp3) is 0.250. The van der Waals surface area contributed by atoms with Crippen LogP contribution in [0, 0.1) is 13.8 Å². The minimum atomic E-state index is -0.0577. The Morgan fingerprint density at radius 3 is 2.62 bits per heavy atom. The molecule has 0 aromatic carbocycles. The van der Waals surface area contributed by atoms with E-state index in [1.54, 1.807) is 17.0 Å². The Balaban J connectivity index is 0.000000948. The highest BCUT2D eigenvalue weighted by molar-refractivity contribution is 9.10. The van der Waals surface area contributed by atoms with Gasteiger partial charge in [0.2, 0.25) is 0 Å². The molecular formula is C20H21BrN4O. The summed E-state index contributed by atoms with van der Waals surface area (Å²) in [6.45, 7) is 8.47. The average Bonchev–Trinajstić information content (AvgIpc) is 3.02. The molecule has 0 bridgehead atoms. The minimum Gasteiger partial charge on any atom is -0.309 e. The summed E-state index contributed by atoms with van der Waals surface area (Å²) in [6.07, 6.45) is 9.21. The summed E-state index contributed by atoms with van der Waals surface area (Å²) in [6, 6.07) is 4.01. The van der Waals surface area contributed by atoms with Gasteiger partial charge in [0.05, 0.1) is 17.6 Å². The van der Waals surface area contributed by atoms with Gasteiger partial charge in [-0.2, -0.15) is 0 Å². The van der Waals surface area contributed by atoms with E-state index in [9.17, 15) is 4.79 Å². The molecule has 4 heterocycles. The Morgan fingerprint density at radius 2 is 1.85 bits per heavy atom. The number of imidazole rings is 1. The molecule has 0 saturated carbocycles. The topological polar surface area (TPSA) is 52.2 Å². The molecule has 0 aliphatic carbocycles. The van der Waals surface area contributed by atoms with Crippen molar-refractivity contribution in [1.82, 2.24) is 18.9 Å². The normalized spacial score (nSPS) is 10.8. The lowest BCUT2D eigenvalue weighted by atomic mass is 10.1. The van der Waals surface area contributed by atoms with Crippen molar-refractivity contribution in [2.45, 2.75) is 34.2 Å². The smallest absolute Gasteiger partial charge is 0.260 e. The fourth-order valence-electron chi connectivity index (χ4n) is 3.03. The third kappa shape index (κ3) is 3.29. The highest BCUT2D eigenvalue weighted by atomic mass is 79.9. The van der Waals surface area contributed by atoms with Gasteiger partial charge in [0.25, 0.3) is 5.56 Å². The first-order chi connectivity index (χ1) is 12.5. The average molecular weight is 413 g/mol. The zero-order valence-corrected chi connectivity index (χ0v) is 16.9. The van der Waals surface area contributed by atoms with Gasteiger partial charge < -0.3 is 8.97 Å². The monoisotopic (exact) mass is 412 g/mol. The molecule has 0 atom stereocenters. The van der Waals surface area contributed by atoms with Gasteiger partial charge in [-0.25, -0.2) is 4.98 Å². The standard InChI is InChI=1S/C18H15BrN4O.C2H6/c1-11-3-4-16-21-13(9-22(16)7-11)10-23-8-12(2)17-14(18(23)24)5-20-6-15(17)19;1-2/h3-9H,10H2,1-2H3;1-2H3. The summed E-state index contributed by atoms with van der Waals surface area (Å²) in [5.41, 5.74) is 3.87. The highest BCUT2D eigenvalue weighted by Crippen LogP contribution is 2.23. The number of rotatable bonds is 2. The molecule has 0 amide bonds. The van der Waals surface area contributed by atoms with E-state index in [2.05, 4.69) is 25.9 Å². The van der Waals surface area contributed by atoms with E-state index in [-0.39, 0.29) is 5.56 Å². The summed E-state index contributed by atoms with van der Waals surface area (Å²) in [7, 11) is 0. The lowest BCUT2D eigenvalue weighted by Gasteiger charge is -2.09. The Hall–Kier alpha value is -2.47. The van der Waals surface area contributed by atoms with Gasteiger partial charge >= 0.3 is 0 Å². The van der Waals surface area contributed by atoms with Crippen molar-refractivity contribution in [2.24, 2.45) is 0 Å². The number of hydrogen-bond donors (Lipinski definition) is 0. The SMILES string of the molecule is CC.Cc1ccc2nc(Cn3cc(C)c4c(Br)cncc4c3=O)cn2c1. The second-order valence-electron chi connectivity index (χ2n) is 5.99. The van der Waals surface area contributed by atoms with Gasteiger partial charge in [-0.05, 0) is 47.0 Å². The predicted molar refractivity (Wildman–Crippen MR) is 109 cm³/mol. The van der Waals surface area contributed by atoms with Crippen LogP contribution >= 0.6 is 15.9 Å². The maximum Gasteiger partial charge on any atom is 0.260 e. The van der Waals surface area contributed by atoms with Crippen LogP contribution in [-0.2, 0) is 6.54 Å². The van der Waals surface area contributed by atoms with E-state index < -0.39 is 0 Å². The summed E-state index contributed by atoms with van der Waals surface area (Å²) in [4.78, 5) is 21.5. The Morgan fingerprint density at radius 1 is 1.08 bits per heavy atom. The Bertz CT molecular complexity index is 1140. The summed E-state index contributed by atoms with van der Waals surface area (Å²) >= 11 is 3.48. The fourth-order valence-corrected chi connectivity index (χ4v) is 3.68. The van der Waals surface area contributed by atoms with E-state index in [0.29, 0.717) is 11.9 Å². The van der Waals surface area contributed by atoms with Gasteiger partial charge in [0.1, 0.15) is 5.65 Å². The number of nitrogens with zero attached hydrogens (tertiary/aromatic N) is 4. The molecule has 6 heteroatoms. The van der Waals surface area contributed by atoms with Crippen molar-refractivity contribution in [1.29, 1.82) is 0 Å². The summed E-state index contributed by atoms with van der Waals surface area (Å²) in [5, 5.41) is 1.53. The molecule has 4 aromatic rings. The number of aromatic nitrogens is 4. The maximum atomic E-state index is 12.8. The Labute approximate surface area is 160 Å². The molecular weight excluding hydrogens is 392 g/mol. The van der Waals surface area contributed by atoms with Crippen molar-refractivity contribution < 1.29 is 0 Å². The van der Waals surface area contributed by atoms with Crippen molar-refractivity contribution in [2.75, 3.05) is 0 Å². The molecule has 5 nitrogen and oxygen atoms in total. The van der Waals surface area contributed by atoms with Crippen LogP contribution in [0.5, 0.6) is 0 Å². The zero-order valence-electron chi connectivity index (χ0n) is 15.3. The molecule has 0 spiro atoms. The van der Waals surface area contributed by atoms with E-state index in [4.69, 9.17) is 0 Å². The van der Waals surface area contributed by atoms with Gasteiger partial charge in [-0.15, -0.1) is 0 Å². The van der Waals surface area contributed by atoms with Crippen LogP contribution < -0.4 is 5.56 Å². The second-order valence-corrected chi connectivity index (χ2v) is 6.85. The molecule has 26 heavy (non-hydrogen) atoms. The van der Waals surface area contributed by atoms with Crippen molar-refractivity contribution in [3.05, 3.63) is 74.8 Å². The number of aryl methyl sites for hydroxylation is 2. The number of fused-ring (bicyclic) bond motifs is 2.